The Morgan fingerprint density at radius 1 is 1.10 bits per heavy atom. The fourth-order valence-electron chi connectivity index (χ4n) is 1.92. The molecule has 0 amide bonds. The van der Waals surface area contributed by atoms with E-state index in [1.165, 1.54) is 18.2 Å². The van der Waals surface area contributed by atoms with Gasteiger partial charge in [-0.25, -0.2) is 0 Å². The summed E-state index contributed by atoms with van der Waals surface area (Å²) in [6.45, 7) is 0. The van der Waals surface area contributed by atoms with E-state index in [0.717, 1.165) is 10.0 Å². The summed E-state index contributed by atoms with van der Waals surface area (Å²) in [5.74, 6) is -0.340. The Kier molecular flexibility index (Phi) is 4.90. The summed E-state index contributed by atoms with van der Waals surface area (Å²) < 4.78 is 41.2. The van der Waals surface area contributed by atoms with E-state index in [1.54, 1.807) is 6.07 Å². The number of alkyl halides is 3. The van der Waals surface area contributed by atoms with Crippen LogP contribution in [0.15, 0.2) is 53.0 Å². The van der Waals surface area contributed by atoms with Crippen LogP contribution in [0.1, 0.15) is 17.2 Å². The van der Waals surface area contributed by atoms with E-state index >= 15 is 0 Å². The molecule has 2 rings (SSSR count). The maximum atomic E-state index is 12.2. The number of rotatable bonds is 4. The average molecular weight is 361 g/mol. The van der Waals surface area contributed by atoms with E-state index in [0.29, 0.717) is 12.0 Å². The third kappa shape index (κ3) is 5.06. The molecule has 112 valence electrons. The van der Waals surface area contributed by atoms with Gasteiger partial charge in [0, 0.05) is 10.9 Å². The van der Waals surface area contributed by atoms with Crippen LogP contribution >= 0.6 is 15.9 Å². The second-order valence-electron chi connectivity index (χ2n) is 4.47. The predicted octanol–water partition coefficient (Wildman–Crippen LogP) is 4.62. The van der Waals surface area contributed by atoms with Crippen molar-refractivity contribution in [1.29, 1.82) is 0 Å². The summed E-state index contributed by atoms with van der Waals surface area (Å²) in [4.78, 5) is 0. The summed E-state index contributed by atoms with van der Waals surface area (Å²) in [5, 5.41) is 10.1. The fraction of sp³-hybridized carbons (Fsp3) is 0.200. The van der Waals surface area contributed by atoms with E-state index in [4.69, 9.17) is 0 Å². The summed E-state index contributed by atoms with van der Waals surface area (Å²) in [6.07, 6.45) is -5.35. The molecule has 0 aromatic heterocycles. The van der Waals surface area contributed by atoms with Gasteiger partial charge in [-0.1, -0.05) is 40.2 Å². The number of aliphatic hydroxyl groups excluding tert-OH is 1. The van der Waals surface area contributed by atoms with Crippen LogP contribution < -0.4 is 4.74 Å². The summed E-state index contributed by atoms with van der Waals surface area (Å²) in [5.41, 5.74) is 1.25. The first-order chi connectivity index (χ1) is 9.83. The van der Waals surface area contributed by atoms with Crippen LogP contribution in [0.2, 0.25) is 0 Å². The highest BCUT2D eigenvalue weighted by Crippen LogP contribution is 2.27. The molecule has 0 fully saturated rings. The molecule has 0 radical (unpaired) electrons. The minimum atomic E-state index is -4.74. The minimum absolute atomic E-state index is 0.301. The number of hydrogen-bond acceptors (Lipinski definition) is 2. The standard InChI is InChI=1S/C15H12BrF3O2/c16-12-5-1-3-10(7-12)8-14(20)11-4-2-6-13(9-11)21-15(17,18)19/h1-7,9,14,20H,8H2. The largest absolute Gasteiger partial charge is 0.573 e. The Bertz CT molecular complexity index is 614. The van der Waals surface area contributed by atoms with Crippen LogP contribution in [0.25, 0.3) is 0 Å². The van der Waals surface area contributed by atoms with Gasteiger partial charge in [0.25, 0.3) is 0 Å². The smallest absolute Gasteiger partial charge is 0.406 e. The number of ether oxygens (including phenoxy) is 1. The average Bonchev–Trinajstić information content (AvgIpc) is 2.37. The molecule has 1 N–H and O–H groups in total. The van der Waals surface area contributed by atoms with Crippen molar-refractivity contribution in [2.45, 2.75) is 18.9 Å². The third-order valence-electron chi connectivity index (χ3n) is 2.79. The van der Waals surface area contributed by atoms with E-state index in [2.05, 4.69) is 20.7 Å². The first kappa shape index (κ1) is 15.9. The van der Waals surface area contributed by atoms with Crippen LogP contribution in [-0.2, 0) is 6.42 Å². The van der Waals surface area contributed by atoms with Gasteiger partial charge >= 0.3 is 6.36 Å². The second-order valence-corrected chi connectivity index (χ2v) is 5.39. The van der Waals surface area contributed by atoms with E-state index in [9.17, 15) is 18.3 Å². The van der Waals surface area contributed by atoms with Crippen molar-refractivity contribution >= 4 is 15.9 Å². The van der Waals surface area contributed by atoms with Crippen LogP contribution in [0.4, 0.5) is 13.2 Å². The highest BCUT2D eigenvalue weighted by atomic mass is 79.9. The lowest BCUT2D eigenvalue weighted by molar-refractivity contribution is -0.274. The van der Waals surface area contributed by atoms with Crippen molar-refractivity contribution in [3.63, 3.8) is 0 Å². The SMILES string of the molecule is OC(Cc1cccc(Br)c1)c1cccc(OC(F)(F)F)c1. The zero-order valence-electron chi connectivity index (χ0n) is 10.8. The molecule has 0 saturated heterocycles. The lowest BCUT2D eigenvalue weighted by Crippen LogP contribution is -2.17. The highest BCUT2D eigenvalue weighted by molar-refractivity contribution is 9.10. The van der Waals surface area contributed by atoms with Crippen LogP contribution in [0, 0.1) is 0 Å². The topological polar surface area (TPSA) is 29.5 Å². The second kappa shape index (κ2) is 6.49. The molecule has 0 aliphatic rings. The molecule has 0 spiro atoms. The molecule has 0 aliphatic heterocycles. The molecule has 0 heterocycles. The number of benzene rings is 2. The van der Waals surface area contributed by atoms with Crippen molar-refractivity contribution < 1.29 is 23.0 Å². The summed E-state index contributed by atoms with van der Waals surface area (Å²) in [7, 11) is 0. The first-order valence-electron chi connectivity index (χ1n) is 6.12. The quantitative estimate of drug-likeness (QED) is 0.861. The van der Waals surface area contributed by atoms with Gasteiger partial charge in [0.2, 0.25) is 0 Å². The number of halogens is 4. The Balaban J connectivity index is 2.12. The van der Waals surface area contributed by atoms with Crippen molar-refractivity contribution in [3.05, 3.63) is 64.1 Å². The van der Waals surface area contributed by atoms with Crippen molar-refractivity contribution in [2.75, 3.05) is 0 Å². The molecule has 2 aromatic rings. The van der Waals surface area contributed by atoms with Gasteiger partial charge in [0.05, 0.1) is 6.10 Å². The molecule has 0 aliphatic carbocycles. The van der Waals surface area contributed by atoms with Crippen molar-refractivity contribution in [2.24, 2.45) is 0 Å². The van der Waals surface area contributed by atoms with Gasteiger partial charge in [-0.3, -0.25) is 0 Å². The zero-order valence-corrected chi connectivity index (χ0v) is 12.4. The van der Waals surface area contributed by atoms with E-state index in [-0.39, 0.29) is 5.75 Å². The molecule has 0 bridgehead atoms. The van der Waals surface area contributed by atoms with Gasteiger partial charge in [-0.2, -0.15) is 0 Å². The monoisotopic (exact) mass is 360 g/mol. The lowest BCUT2D eigenvalue weighted by atomic mass is 10.0. The Morgan fingerprint density at radius 2 is 1.81 bits per heavy atom. The fourth-order valence-corrected chi connectivity index (χ4v) is 2.37. The van der Waals surface area contributed by atoms with Crippen LogP contribution in [-0.4, -0.2) is 11.5 Å². The molecular formula is C15H12BrF3O2. The summed E-state index contributed by atoms with van der Waals surface area (Å²) >= 11 is 3.33. The van der Waals surface area contributed by atoms with Gasteiger partial charge in [-0.15, -0.1) is 13.2 Å². The molecule has 6 heteroatoms. The molecule has 21 heavy (non-hydrogen) atoms. The maximum Gasteiger partial charge on any atom is 0.573 e. The molecule has 1 atom stereocenters. The minimum Gasteiger partial charge on any atom is -0.406 e. The van der Waals surface area contributed by atoms with Gasteiger partial charge in [0.1, 0.15) is 5.75 Å². The lowest BCUT2D eigenvalue weighted by Gasteiger charge is -2.14. The van der Waals surface area contributed by atoms with Gasteiger partial charge in [-0.05, 0) is 35.4 Å². The third-order valence-corrected chi connectivity index (χ3v) is 3.29. The normalized spacial score (nSPS) is 13.0. The number of aliphatic hydroxyl groups is 1. The zero-order chi connectivity index (χ0) is 15.5. The Hall–Kier alpha value is -1.53. The predicted molar refractivity (Wildman–Crippen MR) is 75.9 cm³/mol. The molecular weight excluding hydrogens is 349 g/mol. The van der Waals surface area contributed by atoms with Crippen molar-refractivity contribution in [1.82, 2.24) is 0 Å². The van der Waals surface area contributed by atoms with Crippen LogP contribution in [0.3, 0.4) is 0 Å². The van der Waals surface area contributed by atoms with E-state index < -0.39 is 12.5 Å². The number of hydrogen-bond donors (Lipinski definition) is 1. The first-order valence-corrected chi connectivity index (χ1v) is 6.91. The Morgan fingerprint density at radius 3 is 2.48 bits per heavy atom. The van der Waals surface area contributed by atoms with Crippen LogP contribution in [0.5, 0.6) is 5.75 Å². The molecule has 0 saturated carbocycles. The van der Waals surface area contributed by atoms with E-state index in [1.807, 2.05) is 24.3 Å². The molecule has 2 aromatic carbocycles. The maximum absolute atomic E-state index is 12.2. The van der Waals surface area contributed by atoms with Gasteiger partial charge < -0.3 is 9.84 Å². The Labute approximate surface area is 128 Å². The van der Waals surface area contributed by atoms with Crippen molar-refractivity contribution in [3.8, 4) is 5.75 Å². The highest BCUT2D eigenvalue weighted by Gasteiger charge is 2.31. The van der Waals surface area contributed by atoms with Gasteiger partial charge in [0.15, 0.2) is 0 Å². The molecule has 1 unspecified atom stereocenters. The summed E-state index contributed by atoms with van der Waals surface area (Å²) in [6, 6.07) is 12.7. The molecule has 2 nitrogen and oxygen atoms in total.